The van der Waals surface area contributed by atoms with Gasteiger partial charge in [-0.25, -0.2) is 0 Å². The zero-order valence-corrected chi connectivity index (χ0v) is 15.3. The summed E-state index contributed by atoms with van der Waals surface area (Å²) in [6, 6.07) is 6.64. The molecule has 1 aliphatic heterocycles. The lowest BCUT2D eigenvalue weighted by molar-refractivity contribution is -0.122. The van der Waals surface area contributed by atoms with E-state index >= 15 is 0 Å². The van der Waals surface area contributed by atoms with E-state index in [-0.39, 0.29) is 18.0 Å². The Morgan fingerprint density at radius 2 is 2.17 bits per heavy atom. The van der Waals surface area contributed by atoms with Crippen LogP contribution in [0.15, 0.2) is 18.2 Å². The molecule has 0 radical (unpaired) electrons. The number of nitrogens with zero attached hydrogens (tertiary/aromatic N) is 1. The van der Waals surface area contributed by atoms with E-state index in [2.05, 4.69) is 51.2 Å². The summed E-state index contributed by atoms with van der Waals surface area (Å²) in [5.74, 6) is 0.565. The zero-order valence-electron chi connectivity index (χ0n) is 15.3. The molecule has 1 N–H and O–H groups in total. The van der Waals surface area contributed by atoms with Crippen LogP contribution >= 0.6 is 0 Å². The minimum Gasteiger partial charge on any atom is -0.354 e. The molecule has 0 saturated carbocycles. The monoisotopic (exact) mass is 330 g/mol. The number of hydrogen-bond acceptors (Lipinski definition) is 2. The first kappa shape index (κ1) is 18.5. The Morgan fingerprint density at radius 3 is 2.83 bits per heavy atom. The van der Waals surface area contributed by atoms with Gasteiger partial charge in [0, 0.05) is 18.5 Å². The highest BCUT2D eigenvalue weighted by molar-refractivity contribution is 5.82. The van der Waals surface area contributed by atoms with E-state index in [4.69, 9.17) is 0 Å². The predicted octanol–water partition coefficient (Wildman–Crippen LogP) is 3.47. The Bertz CT molecular complexity index is 585. The molecule has 1 aromatic rings. The highest BCUT2D eigenvalue weighted by Crippen LogP contribution is 2.35. The molecule has 0 bridgehead atoms. The standard InChI is InChI=1S/C20H30N2O2/c1-5-14(2)11-19(24)21-15(3)9-10-17-7-6-8-18-12-16(4)22(13-23)20(17)18/h6-8,13-16H,5,9-12H2,1-4H3,(H,21,24). The molecule has 1 heterocycles. The van der Waals surface area contributed by atoms with Crippen LogP contribution in [0.2, 0.25) is 0 Å². The van der Waals surface area contributed by atoms with Crippen LogP contribution < -0.4 is 10.2 Å². The molecule has 24 heavy (non-hydrogen) atoms. The van der Waals surface area contributed by atoms with Gasteiger partial charge in [-0.05, 0) is 50.2 Å². The summed E-state index contributed by atoms with van der Waals surface area (Å²) < 4.78 is 0. The Morgan fingerprint density at radius 1 is 1.42 bits per heavy atom. The van der Waals surface area contributed by atoms with Crippen molar-refractivity contribution in [3.05, 3.63) is 29.3 Å². The third-order valence-electron chi connectivity index (χ3n) is 5.05. The summed E-state index contributed by atoms with van der Waals surface area (Å²) in [5.41, 5.74) is 3.53. The average Bonchev–Trinajstić information content (AvgIpc) is 2.88. The predicted molar refractivity (Wildman–Crippen MR) is 98.1 cm³/mol. The number of hydrogen-bond donors (Lipinski definition) is 1. The Kier molecular flexibility index (Phi) is 6.41. The van der Waals surface area contributed by atoms with E-state index in [1.165, 1.54) is 11.1 Å². The Labute approximate surface area is 145 Å². The van der Waals surface area contributed by atoms with Gasteiger partial charge in [0.2, 0.25) is 12.3 Å². The smallest absolute Gasteiger partial charge is 0.220 e. The number of nitrogens with one attached hydrogen (secondary N) is 1. The van der Waals surface area contributed by atoms with Gasteiger partial charge in [0.05, 0.1) is 5.69 Å². The van der Waals surface area contributed by atoms with Crippen LogP contribution in [0.4, 0.5) is 5.69 Å². The van der Waals surface area contributed by atoms with Crippen molar-refractivity contribution < 1.29 is 9.59 Å². The van der Waals surface area contributed by atoms with Crippen molar-refractivity contribution in [2.24, 2.45) is 5.92 Å². The van der Waals surface area contributed by atoms with E-state index < -0.39 is 0 Å². The second kappa shape index (κ2) is 8.32. The quantitative estimate of drug-likeness (QED) is 0.742. The number of carbonyl (C=O) groups is 2. The molecule has 132 valence electrons. The van der Waals surface area contributed by atoms with Crippen molar-refractivity contribution in [1.82, 2.24) is 5.32 Å². The number of rotatable bonds is 8. The van der Waals surface area contributed by atoms with E-state index in [1.807, 2.05) is 4.90 Å². The van der Waals surface area contributed by atoms with Gasteiger partial charge in [0.15, 0.2) is 0 Å². The van der Waals surface area contributed by atoms with E-state index in [0.29, 0.717) is 12.3 Å². The summed E-state index contributed by atoms with van der Waals surface area (Å²) in [4.78, 5) is 25.3. The number of anilines is 1. The van der Waals surface area contributed by atoms with Gasteiger partial charge in [-0.15, -0.1) is 0 Å². The maximum atomic E-state index is 12.0. The summed E-state index contributed by atoms with van der Waals surface area (Å²) in [5, 5.41) is 3.09. The summed E-state index contributed by atoms with van der Waals surface area (Å²) in [6.07, 6.45) is 5.23. The normalized spacial score (nSPS) is 18.8. The highest BCUT2D eigenvalue weighted by Gasteiger charge is 2.27. The lowest BCUT2D eigenvalue weighted by Gasteiger charge is -2.21. The van der Waals surface area contributed by atoms with Crippen molar-refractivity contribution in [2.45, 2.75) is 71.9 Å². The zero-order chi connectivity index (χ0) is 17.7. The van der Waals surface area contributed by atoms with Crippen LogP contribution in [0.25, 0.3) is 0 Å². The third kappa shape index (κ3) is 4.37. The maximum Gasteiger partial charge on any atom is 0.220 e. The van der Waals surface area contributed by atoms with Crippen molar-refractivity contribution >= 4 is 18.0 Å². The molecule has 0 aliphatic carbocycles. The fourth-order valence-corrected chi connectivity index (χ4v) is 3.37. The molecule has 3 atom stereocenters. The topological polar surface area (TPSA) is 49.4 Å². The molecule has 1 aliphatic rings. The first-order chi connectivity index (χ1) is 11.5. The maximum absolute atomic E-state index is 12.0. The number of amides is 2. The van der Waals surface area contributed by atoms with Gasteiger partial charge in [0.1, 0.15) is 0 Å². The van der Waals surface area contributed by atoms with E-state index in [9.17, 15) is 9.59 Å². The SMILES string of the molecule is CCC(C)CC(=O)NC(C)CCc1cccc2c1N(C=O)C(C)C2. The molecular formula is C20H30N2O2. The highest BCUT2D eigenvalue weighted by atomic mass is 16.1. The molecule has 4 heteroatoms. The van der Waals surface area contributed by atoms with Gasteiger partial charge in [0.25, 0.3) is 0 Å². The van der Waals surface area contributed by atoms with Crippen LogP contribution in [0.3, 0.4) is 0 Å². The fourth-order valence-electron chi connectivity index (χ4n) is 3.37. The molecule has 0 fully saturated rings. The van der Waals surface area contributed by atoms with Crippen LogP contribution in [-0.4, -0.2) is 24.4 Å². The van der Waals surface area contributed by atoms with Gasteiger partial charge in [-0.2, -0.15) is 0 Å². The second-order valence-corrected chi connectivity index (χ2v) is 7.22. The molecule has 0 aromatic heterocycles. The van der Waals surface area contributed by atoms with Crippen LogP contribution in [0.1, 0.15) is 58.1 Å². The van der Waals surface area contributed by atoms with Crippen molar-refractivity contribution in [1.29, 1.82) is 0 Å². The van der Waals surface area contributed by atoms with Crippen LogP contribution in [0.5, 0.6) is 0 Å². The lowest BCUT2D eigenvalue weighted by Crippen LogP contribution is -2.34. The largest absolute Gasteiger partial charge is 0.354 e. The van der Waals surface area contributed by atoms with Gasteiger partial charge < -0.3 is 10.2 Å². The molecule has 3 unspecified atom stereocenters. The number of aryl methyl sites for hydroxylation is 1. The van der Waals surface area contributed by atoms with Crippen LogP contribution in [-0.2, 0) is 22.4 Å². The van der Waals surface area contributed by atoms with Crippen molar-refractivity contribution in [3.8, 4) is 0 Å². The van der Waals surface area contributed by atoms with Gasteiger partial charge in [-0.3, -0.25) is 9.59 Å². The first-order valence-electron chi connectivity index (χ1n) is 9.10. The second-order valence-electron chi connectivity index (χ2n) is 7.22. The van der Waals surface area contributed by atoms with Crippen molar-refractivity contribution in [3.63, 3.8) is 0 Å². The molecule has 2 rings (SSSR count). The number of para-hydroxylation sites is 1. The molecule has 2 amide bonds. The summed E-state index contributed by atoms with van der Waals surface area (Å²) in [7, 11) is 0. The molecule has 1 aromatic carbocycles. The van der Waals surface area contributed by atoms with Crippen molar-refractivity contribution in [2.75, 3.05) is 4.90 Å². The number of fused-ring (bicyclic) bond motifs is 1. The van der Waals surface area contributed by atoms with E-state index in [1.54, 1.807) is 0 Å². The summed E-state index contributed by atoms with van der Waals surface area (Å²) >= 11 is 0. The third-order valence-corrected chi connectivity index (χ3v) is 5.05. The minimum absolute atomic E-state index is 0.137. The van der Waals surface area contributed by atoms with Gasteiger partial charge >= 0.3 is 0 Å². The number of benzene rings is 1. The fraction of sp³-hybridized carbons (Fsp3) is 0.600. The van der Waals surface area contributed by atoms with E-state index in [0.717, 1.165) is 37.8 Å². The minimum atomic E-state index is 0.137. The average molecular weight is 330 g/mol. The molecule has 0 saturated heterocycles. The number of carbonyl (C=O) groups excluding carboxylic acids is 2. The molecule has 0 spiro atoms. The van der Waals surface area contributed by atoms with Gasteiger partial charge in [-0.1, -0.05) is 38.5 Å². The Balaban J connectivity index is 1.95. The summed E-state index contributed by atoms with van der Waals surface area (Å²) in [6.45, 7) is 8.34. The molecular weight excluding hydrogens is 300 g/mol. The first-order valence-corrected chi connectivity index (χ1v) is 9.10. The van der Waals surface area contributed by atoms with Crippen LogP contribution in [0, 0.1) is 5.92 Å². The molecule has 4 nitrogen and oxygen atoms in total. The Hall–Kier alpha value is -1.84. The lowest BCUT2D eigenvalue weighted by atomic mass is 10.0.